The third-order valence-corrected chi connectivity index (χ3v) is 4.55. The standard InChI is InChI=1S/C19H21ClN4O3/c1-2-27-18(25)14-5-7-15(8-6-14)22-19(26)24-12-10-23(11-13-24)17-16(20)4-3-9-21-17/h3-9H,2,10-13H2,1H3,(H,22,26). The second-order valence-corrected chi connectivity index (χ2v) is 6.42. The highest BCUT2D eigenvalue weighted by atomic mass is 35.5. The number of ether oxygens (including phenoxy) is 1. The van der Waals surface area contributed by atoms with Crippen LogP contribution in [0.2, 0.25) is 5.02 Å². The van der Waals surface area contributed by atoms with E-state index in [1.807, 2.05) is 6.07 Å². The Morgan fingerprint density at radius 1 is 1.15 bits per heavy atom. The molecule has 0 atom stereocenters. The second kappa shape index (κ2) is 8.73. The highest BCUT2D eigenvalue weighted by molar-refractivity contribution is 6.32. The van der Waals surface area contributed by atoms with Crippen molar-refractivity contribution in [3.8, 4) is 0 Å². The van der Waals surface area contributed by atoms with E-state index in [9.17, 15) is 9.59 Å². The minimum atomic E-state index is -0.375. The van der Waals surface area contributed by atoms with E-state index < -0.39 is 0 Å². The lowest BCUT2D eigenvalue weighted by Gasteiger charge is -2.35. The van der Waals surface area contributed by atoms with E-state index in [2.05, 4.69) is 15.2 Å². The van der Waals surface area contributed by atoms with E-state index in [0.717, 1.165) is 5.82 Å². The molecular weight excluding hydrogens is 368 g/mol. The van der Waals surface area contributed by atoms with Crippen molar-refractivity contribution in [3.63, 3.8) is 0 Å². The third kappa shape index (κ3) is 4.68. The number of nitrogens with zero attached hydrogens (tertiary/aromatic N) is 3. The van der Waals surface area contributed by atoms with Crippen LogP contribution in [0.5, 0.6) is 0 Å². The summed E-state index contributed by atoms with van der Waals surface area (Å²) in [5.41, 5.74) is 1.08. The maximum absolute atomic E-state index is 12.5. The van der Waals surface area contributed by atoms with Gasteiger partial charge in [-0.1, -0.05) is 11.6 Å². The molecule has 142 valence electrons. The quantitative estimate of drug-likeness (QED) is 0.813. The van der Waals surface area contributed by atoms with Gasteiger partial charge in [-0.3, -0.25) is 0 Å². The first-order valence-electron chi connectivity index (χ1n) is 8.77. The number of carbonyl (C=O) groups is 2. The summed E-state index contributed by atoms with van der Waals surface area (Å²) in [6.45, 7) is 4.54. The van der Waals surface area contributed by atoms with Crippen molar-refractivity contribution in [1.29, 1.82) is 0 Å². The number of pyridine rings is 1. The molecule has 1 N–H and O–H groups in total. The molecule has 3 rings (SSSR count). The molecule has 1 fully saturated rings. The van der Waals surface area contributed by atoms with Crippen molar-refractivity contribution >= 4 is 35.1 Å². The van der Waals surface area contributed by atoms with Gasteiger partial charge in [0.15, 0.2) is 0 Å². The molecule has 0 radical (unpaired) electrons. The Bertz CT molecular complexity index is 805. The van der Waals surface area contributed by atoms with Gasteiger partial charge in [0.25, 0.3) is 0 Å². The lowest BCUT2D eigenvalue weighted by atomic mass is 10.2. The molecule has 7 nitrogen and oxygen atoms in total. The number of hydrogen-bond acceptors (Lipinski definition) is 5. The molecule has 1 aromatic heterocycles. The molecular formula is C19H21ClN4O3. The number of aromatic nitrogens is 1. The molecule has 0 aliphatic carbocycles. The highest BCUT2D eigenvalue weighted by Crippen LogP contribution is 2.23. The van der Waals surface area contributed by atoms with Gasteiger partial charge in [-0.2, -0.15) is 0 Å². The maximum Gasteiger partial charge on any atom is 0.338 e. The van der Waals surface area contributed by atoms with Crippen molar-refractivity contribution in [1.82, 2.24) is 9.88 Å². The summed E-state index contributed by atoms with van der Waals surface area (Å²) in [6.07, 6.45) is 1.71. The van der Waals surface area contributed by atoms with Crippen LogP contribution in [0.4, 0.5) is 16.3 Å². The van der Waals surface area contributed by atoms with Crippen LogP contribution in [0.15, 0.2) is 42.6 Å². The molecule has 2 aromatic rings. The van der Waals surface area contributed by atoms with Gasteiger partial charge in [0.1, 0.15) is 5.82 Å². The molecule has 0 bridgehead atoms. The van der Waals surface area contributed by atoms with Gasteiger partial charge in [0, 0.05) is 38.1 Å². The SMILES string of the molecule is CCOC(=O)c1ccc(NC(=O)N2CCN(c3ncccc3Cl)CC2)cc1. The van der Waals surface area contributed by atoms with E-state index in [0.29, 0.717) is 49.1 Å². The molecule has 8 heteroatoms. The number of rotatable bonds is 4. The third-order valence-electron chi connectivity index (χ3n) is 4.25. The number of anilines is 2. The first-order valence-corrected chi connectivity index (χ1v) is 9.15. The van der Waals surface area contributed by atoms with Gasteiger partial charge in [0.2, 0.25) is 0 Å². The number of urea groups is 1. The van der Waals surface area contributed by atoms with Gasteiger partial charge >= 0.3 is 12.0 Å². The summed E-state index contributed by atoms with van der Waals surface area (Å²) in [4.78, 5) is 32.2. The van der Waals surface area contributed by atoms with Crippen LogP contribution in [0.1, 0.15) is 17.3 Å². The fourth-order valence-corrected chi connectivity index (χ4v) is 3.08. The lowest BCUT2D eigenvalue weighted by Crippen LogP contribution is -2.50. The van der Waals surface area contributed by atoms with Gasteiger partial charge in [-0.25, -0.2) is 14.6 Å². The number of halogens is 1. The summed E-state index contributed by atoms with van der Waals surface area (Å²) in [7, 11) is 0. The van der Waals surface area contributed by atoms with Gasteiger partial charge < -0.3 is 19.9 Å². The molecule has 0 unspecified atom stereocenters. The van der Waals surface area contributed by atoms with Crippen LogP contribution >= 0.6 is 11.6 Å². The number of esters is 1. The minimum Gasteiger partial charge on any atom is -0.462 e. The second-order valence-electron chi connectivity index (χ2n) is 6.01. The highest BCUT2D eigenvalue weighted by Gasteiger charge is 2.23. The number of nitrogens with one attached hydrogen (secondary N) is 1. The molecule has 2 amide bonds. The van der Waals surface area contributed by atoms with Crippen molar-refractivity contribution in [2.75, 3.05) is 43.0 Å². The van der Waals surface area contributed by atoms with Gasteiger partial charge in [-0.05, 0) is 43.3 Å². The fourth-order valence-electron chi connectivity index (χ4n) is 2.84. The maximum atomic E-state index is 12.5. The number of amides is 2. The summed E-state index contributed by atoms with van der Waals surface area (Å²) in [5.74, 6) is 0.369. The van der Waals surface area contributed by atoms with Crippen molar-refractivity contribution in [3.05, 3.63) is 53.2 Å². The molecule has 0 saturated carbocycles. The van der Waals surface area contributed by atoms with Crippen molar-refractivity contribution in [2.45, 2.75) is 6.92 Å². The smallest absolute Gasteiger partial charge is 0.338 e. The van der Waals surface area contributed by atoms with Crippen LogP contribution in [0.3, 0.4) is 0 Å². The summed E-state index contributed by atoms with van der Waals surface area (Å²) >= 11 is 6.19. The van der Waals surface area contributed by atoms with E-state index in [1.54, 1.807) is 48.4 Å². The minimum absolute atomic E-state index is 0.175. The number of hydrogen-bond donors (Lipinski definition) is 1. The number of benzene rings is 1. The Morgan fingerprint density at radius 2 is 1.85 bits per heavy atom. The Morgan fingerprint density at radius 3 is 2.48 bits per heavy atom. The summed E-state index contributed by atoms with van der Waals surface area (Å²) in [5, 5.41) is 3.46. The van der Waals surface area contributed by atoms with E-state index in [-0.39, 0.29) is 12.0 Å². The van der Waals surface area contributed by atoms with Gasteiger partial charge in [0.05, 0.1) is 17.2 Å². The van der Waals surface area contributed by atoms with Gasteiger partial charge in [-0.15, -0.1) is 0 Å². The zero-order chi connectivity index (χ0) is 19.2. The molecule has 27 heavy (non-hydrogen) atoms. The van der Waals surface area contributed by atoms with Crippen LogP contribution in [0, 0.1) is 0 Å². The molecule has 1 aromatic carbocycles. The zero-order valence-corrected chi connectivity index (χ0v) is 15.8. The topological polar surface area (TPSA) is 74.8 Å². The average Bonchev–Trinajstić information content (AvgIpc) is 2.69. The average molecular weight is 389 g/mol. The van der Waals surface area contributed by atoms with E-state index >= 15 is 0 Å². The molecule has 2 heterocycles. The summed E-state index contributed by atoms with van der Waals surface area (Å²) < 4.78 is 4.95. The first-order chi connectivity index (χ1) is 13.1. The molecule has 1 saturated heterocycles. The van der Waals surface area contributed by atoms with Crippen molar-refractivity contribution in [2.24, 2.45) is 0 Å². The normalized spacial score (nSPS) is 14.0. The molecule has 1 aliphatic rings. The summed E-state index contributed by atoms with van der Waals surface area (Å²) in [6, 6.07) is 10.1. The predicted molar refractivity (Wildman–Crippen MR) is 104 cm³/mol. The zero-order valence-electron chi connectivity index (χ0n) is 15.0. The molecule has 1 aliphatic heterocycles. The Hall–Kier alpha value is -2.80. The monoisotopic (exact) mass is 388 g/mol. The van der Waals surface area contributed by atoms with Crippen LogP contribution in [0.25, 0.3) is 0 Å². The number of piperazine rings is 1. The van der Waals surface area contributed by atoms with Crippen LogP contribution in [-0.4, -0.2) is 54.7 Å². The van der Waals surface area contributed by atoms with Crippen LogP contribution < -0.4 is 10.2 Å². The largest absolute Gasteiger partial charge is 0.462 e. The fraction of sp³-hybridized carbons (Fsp3) is 0.316. The Balaban J connectivity index is 1.54. The van der Waals surface area contributed by atoms with E-state index in [4.69, 9.17) is 16.3 Å². The number of carbonyl (C=O) groups excluding carboxylic acids is 2. The van der Waals surface area contributed by atoms with Crippen LogP contribution in [-0.2, 0) is 4.74 Å². The van der Waals surface area contributed by atoms with Crippen molar-refractivity contribution < 1.29 is 14.3 Å². The lowest BCUT2D eigenvalue weighted by molar-refractivity contribution is 0.0526. The molecule has 0 spiro atoms. The Kier molecular flexibility index (Phi) is 6.13. The Labute approximate surface area is 162 Å². The van der Waals surface area contributed by atoms with E-state index in [1.165, 1.54) is 0 Å². The predicted octanol–water partition coefficient (Wildman–Crippen LogP) is 3.27. The first kappa shape index (κ1) is 19.0.